The summed E-state index contributed by atoms with van der Waals surface area (Å²) in [6.07, 6.45) is 1.24. The Labute approximate surface area is 201 Å². The molecule has 0 radical (unpaired) electrons. The highest BCUT2D eigenvalue weighted by Gasteiger charge is 2.30. The lowest BCUT2D eigenvalue weighted by atomic mass is 10.1. The van der Waals surface area contributed by atoms with E-state index < -0.39 is 6.10 Å². The molecule has 0 aliphatic carbocycles. The van der Waals surface area contributed by atoms with Gasteiger partial charge in [-0.3, -0.25) is 4.98 Å². The smallest absolute Gasteiger partial charge is 0.336 e. The van der Waals surface area contributed by atoms with Gasteiger partial charge >= 0.3 is 5.63 Å². The normalized spacial score (nSPS) is 18.5. The van der Waals surface area contributed by atoms with E-state index in [1.54, 1.807) is 24.3 Å². The number of hydrogen-bond acceptors (Lipinski definition) is 8. The van der Waals surface area contributed by atoms with E-state index >= 15 is 0 Å². The fourth-order valence-electron chi connectivity index (χ4n) is 4.66. The van der Waals surface area contributed by atoms with Gasteiger partial charge in [-0.05, 0) is 36.2 Å². The number of methoxy groups -OCH3 is 1. The number of aliphatic hydroxyl groups is 1. The number of aliphatic hydroxyl groups excluding tert-OH is 1. The second kappa shape index (κ2) is 10.1. The van der Waals surface area contributed by atoms with Crippen molar-refractivity contribution in [2.24, 2.45) is 5.92 Å². The van der Waals surface area contributed by atoms with Crippen molar-refractivity contribution < 1.29 is 18.7 Å². The molecule has 1 fully saturated rings. The van der Waals surface area contributed by atoms with Crippen LogP contribution in [0, 0.1) is 11.7 Å². The number of benzene rings is 1. The molecule has 182 valence electrons. The molecule has 1 aliphatic rings. The lowest BCUT2D eigenvalue weighted by molar-refractivity contribution is 0.140. The van der Waals surface area contributed by atoms with Crippen LogP contribution in [0.2, 0.25) is 0 Å². The molecule has 0 spiro atoms. The number of ether oxygens (including phenoxy) is 1. The molecule has 0 bridgehead atoms. The van der Waals surface area contributed by atoms with E-state index in [4.69, 9.17) is 9.15 Å². The zero-order valence-electron chi connectivity index (χ0n) is 19.4. The molecule has 4 heterocycles. The number of rotatable bonds is 8. The van der Waals surface area contributed by atoms with Gasteiger partial charge in [-0.2, -0.15) is 0 Å². The maximum atomic E-state index is 14.6. The van der Waals surface area contributed by atoms with Crippen molar-refractivity contribution in [3.8, 4) is 5.88 Å². The molecule has 1 saturated heterocycles. The van der Waals surface area contributed by atoms with Crippen LogP contribution in [0.25, 0.3) is 22.0 Å². The van der Waals surface area contributed by atoms with Gasteiger partial charge in [0.15, 0.2) is 0 Å². The van der Waals surface area contributed by atoms with Crippen LogP contribution in [0.4, 0.5) is 4.39 Å². The second-order valence-corrected chi connectivity index (χ2v) is 8.90. The van der Waals surface area contributed by atoms with Crippen molar-refractivity contribution >= 4 is 22.0 Å². The second-order valence-electron chi connectivity index (χ2n) is 8.90. The molecule has 0 unspecified atom stereocenters. The van der Waals surface area contributed by atoms with E-state index in [0.717, 1.165) is 17.5 Å². The van der Waals surface area contributed by atoms with Crippen molar-refractivity contribution in [2.45, 2.75) is 19.1 Å². The molecule has 2 N–H and O–H groups in total. The summed E-state index contributed by atoms with van der Waals surface area (Å²) in [5, 5.41) is 14.9. The van der Waals surface area contributed by atoms with Crippen molar-refractivity contribution in [1.29, 1.82) is 0 Å². The summed E-state index contributed by atoms with van der Waals surface area (Å²) < 4.78 is 24.9. The Balaban J connectivity index is 1.17. The molecular weight excluding hydrogens is 451 g/mol. The maximum absolute atomic E-state index is 14.6. The molecule has 5 rings (SSSR count). The number of aromatic nitrogens is 2. The Hall–Kier alpha value is -3.40. The van der Waals surface area contributed by atoms with Crippen molar-refractivity contribution in [3.05, 3.63) is 76.0 Å². The molecule has 0 saturated carbocycles. The van der Waals surface area contributed by atoms with Gasteiger partial charge in [-0.25, -0.2) is 14.2 Å². The molecule has 0 amide bonds. The summed E-state index contributed by atoms with van der Waals surface area (Å²) in [7, 11) is 1.53. The van der Waals surface area contributed by atoms with Crippen molar-refractivity contribution in [2.75, 3.05) is 33.3 Å². The van der Waals surface area contributed by atoms with Gasteiger partial charge in [-0.15, -0.1) is 0 Å². The molecule has 4 aromatic rings. The summed E-state index contributed by atoms with van der Waals surface area (Å²) >= 11 is 0. The quantitative estimate of drug-likeness (QED) is 0.373. The van der Waals surface area contributed by atoms with Crippen LogP contribution in [0.1, 0.15) is 11.1 Å². The van der Waals surface area contributed by atoms with E-state index in [-0.39, 0.29) is 17.4 Å². The number of nitrogens with zero attached hydrogens (tertiary/aromatic N) is 3. The first kappa shape index (κ1) is 23.3. The minimum atomic E-state index is -0.453. The summed E-state index contributed by atoms with van der Waals surface area (Å²) in [4.78, 5) is 22.0. The molecule has 1 aliphatic heterocycles. The number of likely N-dealkylation sites (tertiary alicyclic amines) is 1. The third-order valence-corrected chi connectivity index (χ3v) is 6.53. The first-order valence-corrected chi connectivity index (χ1v) is 11.6. The van der Waals surface area contributed by atoms with Crippen LogP contribution < -0.4 is 15.7 Å². The lowest BCUT2D eigenvalue weighted by Crippen LogP contribution is -2.30. The minimum absolute atomic E-state index is 0.0747. The Bertz CT molecular complexity index is 1410. The third kappa shape index (κ3) is 5.17. The standard InChI is InChI=1S/C26H27FN4O4/c1-34-24-6-4-21-26(30-24)19(20(27)13-29-21)8-9-31-14-18(22(32)15-31)12-28-11-16-2-5-23-17(10-16)3-7-25(33)35-23/h2-7,10,13,18,22,28,32H,8-9,11-12,14-15H2,1H3/t18-,22+/m0/s1. The van der Waals surface area contributed by atoms with Gasteiger partial charge in [0.1, 0.15) is 11.4 Å². The van der Waals surface area contributed by atoms with Crippen LogP contribution in [0.5, 0.6) is 5.88 Å². The number of fused-ring (bicyclic) bond motifs is 2. The van der Waals surface area contributed by atoms with Crippen LogP contribution in [-0.4, -0.2) is 59.4 Å². The summed E-state index contributed by atoms with van der Waals surface area (Å²) in [5.74, 6) is 0.112. The number of nitrogens with one attached hydrogen (secondary N) is 1. The molecule has 35 heavy (non-hydrogen) atoms. The number of halogens is 1. The number of pyridine rings is 2. The SMILES string of the molecule is COc1ccc2ncc(F)c(CCN3C[C@H](CNCc4ccc5oc(=O)ccc5c4)[C@H](O)C3)c2n1. The van der Waals surface area contributed by atoms with Crippen LogP contribution in [0.3, 0.4) is 0 Å². The topological polar surface area (TPSA) is 101 Å². The molecule has 8 nitrogen and oxygen atoms in total. The van der Waals surface area contributed by atoms with E-state index in [2.05, 4.69) is 20.2 Å². The van der Waals surface area contributed by atoms with Crippen LogP contribution >= 0.6 is 0 Å². The Morgan fingerprint density at radius 2 is 2.11 bits per heavy atom. The van der Waals surface area contributed by atoms with Gasteiger partial charge in [0.25, 0.3) is 0 Å². The fourth-order valence-corrected chi connectivity index (χ4v) is 4.66. The van der Waals surface area contributed by atoms with Crippen molar-refractivity contribution in [3.63, 3.8) is 0 Å². The summed E-state index contributed by atoms with van der Waals surface area (Å²) in [6.45, 7) is 3.17. The highest BCUT2D eigenvalue weighted by Crippen LogP contribution is 2.23. The van der Waals surface area contributed by atoms with Gasteiger partial charge in [-0.1, -0.05) is 6.07 Å². The van der Waals surface area contributed by atoms with E-state index in [1.165, 1.54) is 19.4 Å². The van der Waals surface area contributed by atoms with Crippen molar-refractivity contribution in [1.82, 2.24) is 20.2 Å². The van der Waals surface area contributed by atoms with E-state index in [0.29, 0.717) is 60.7 Å². The average Bonchev–Trinajstić information content (AvgIpc) is 3.22. The number of β-amino-alcohol motifs (C(OH)–C–C–N with tert-alkyl or cyclic N) is 1. The summed E-state index contributed by atoms with van der Waals surface area (Å²) in [5.41, 5.74) is 2.92. The molecule has 1 aromatic carbocycles. The first-order valence-electron chi connectivity index (χ1n) is 11.6. The highest BCUT2D eigenvalue weighted by molar-refractivity contribution is 5.78. The molecule has 3 aromatic heterocycles. The van der Waals surface area contributed by atoms with Gasteiger partial charge < -0.3 is 24.5 Å². The summed E-state index contributed by atoms with van der Waals surface area (Å²) in [6, 6.07) is 12.4. The zero-order valence-corrected chi connectivity index (χ0v) is 19.4. The minimum Gasteiger partial charge on any atom is -0.481 e. The van der Waals surface area contributed by atoms with E-state index in [1.807, 2.05) is 12.1 Å². The van der Waals surface area contributed by atoms with Crippen LogP contribution in [-0.2, 0) is 13.0 Å². The molecule has 2 atom stereocenters. The molecule has 9 heteroatoms. The predicted octanol–water partition coefficient (Wildman–Crippen LogP) is 2.51. The van der Waals surface area contributed by atoms with E-state index in [9.17, 15) is 14.3 Å². The Kier molecular flexibility index (Phi) is 6.72. The Morgan fingerprint density at radius 3 is 2.97 bits per heavy atom. The third-order valence-electron chi connectivity index (χ3n) is 6.53. The number of hydrogen-bond donors (Lipinski definition) is 2. The molecular formula is C26H27FN4O4. The van der Waals surface area contributed by atoms with Crippen LogP contribution in [0.15, 0.2) is 57.9 Å². The monoisotopic (exact) mass is 478 g/mol. The average molecular weight is 479 g/mol. The fraction of sp³-hybridized carbons (Fsp3) is 0.346. The first-order chi connectivity index (χ1) is 17.0. The van der Waals surface area contributed by atoms with Gasteiger partial charge in [0.05, 0.1) is 30.4 Å². The van der Waals surface area contributed by atoms with Gasteiger partial charge in [0.2, 0.25) is 5.88 Å². The predicted molar refractivity (Wildman–Crippen MR) is 130 cm³/mol. The maximum Gasteiger partial charge on any atom is 0.336 e. The lowest BCUT2D eigenvalue weighted by Gasteiger charge is -2.17. The largest absolute Gasteiger partial charge is 0.481 e. The van der Waals surface area contributed by atoms with Gasteiger partial charge in [0, 0.05) is 61.7 Å². The Morgan fingerprint density at radius 1 is 1.23 bits per heavy atom. The zero-order chi connectivity index (χ0) is 24.4. The highest BCUT2D eigenvalue weighted by atomic mass is 19.1.